The summed E-state index contributed by atoms with van der Waals surface area (Å²) >= 11 is 0. The molecule has 12 heteroatoms. The maximum atomic E-state index is 14.6. The molecule has 3 heterocycles. The molecule has 33 heavy (non-hydrogen) atoms. The van der Waals surface area contributed by atoms with Gasteiger partial charge < -0.3 is 15.4 Å². The lowest BCUT2D eigenvalue weighted by Gasteiger charge is -2.21. The average Bonchev–Trinajstić information content (AvgIpc) is 3.25. The van der Waals surface area contributed by atoms with E-state index in [0.29, 0.717) is 31.5 Å². The van der Waals surface area contributed by atoms with Gasteiger partial charge in [0.25, 0.3) is 0 Å². The van der Waals surface area contributed by atoms with E-state index in [1.807, 2.05) is 0 Å². The molecule has 1 aliphatic rings. The number of morpholine rings is 1. The number of imidazole rings is 1. The highest BCUT2D eigenvalue weighted by molar-refractivity contribution is 5.92. The number of halogens is 5. The number of aromatic nitrogens is 3. The highest BCUT2D eigenvalue weighted by Crippen LogP contribution is 2.32. The van der Waals surface area contributed by atoms with Crippen LogP contribution in [0.3, 0.4) is 0 Å². The second-order valence-corrected chi connectivity index (χ2v) is 7.32. The minimum absolute atomic E-state index is 0.0312. The molecule has 7 nitrogen and oxygen atoms in total. The third-order valence-electron chi connectivity index (χ3n) is 4.97. The molecule has 1 atom stereocenters. The number of alkyl halides is 3. The van der Waals surface area contributed by atoms with Crippen LogP contribution in [-0.2, 0) is 22.1 Å². The summed E-state index contributed by atoms with van der Waals surface area (Å²) in [4.78, 5) is 20.4. The van der Waals surface area contributed by atoms with Crippen molar-refractivity contribution < 1.29 is 31.5 Å². The fraction of sp³-hybridized carbons (Fsp3) is 0.286. The van der Waals surface area contributed by atoms with Gasteiger partial charge in [0.05, 0.1) is 48.8 Å². The maximum absolute atomic E-state index is 14.6. The standard InChI is InChI=1S/C21H18F5N5O2/c22-15-7-13(30-18(32)6-12-2-1-3-14(19(12)23)21(24,25)26)8-28-20(15)31-9-16(29-11-31)17-10-33-5-4-27-17/h1-3,7-9,11,17,27H,4-6,10H2,(H,30,32)/t17-/m0/s1. The largest absolute Gasteiger partial charge is 0.419 e. The normalized spacial score (nSPS) is 16.6. The Kier molecular flexibility index (Phi) is 6.38. The number of carbonyl (C=O) groups is 1. The topological polar surface area (TPSA) is 81.1 Å². The number of hydrogen-bond acceptors (Lipinski definition) is 5. The highest BCUT2D eigenvalue weighted by Gasteiger charge is 2.35. The van der Waals surface area contributed by atoms with Gasteiger partial charge in [-0.2, -0.15) is 13.2 Å². The molecule has 1 amide bonds. The summed E-state index contributed by atoms with van der Waals surface area (Å²) in [7, 11) is 0. The zero-order chi connectivity index (χ0) is 23.6. The van der Waals surface area contributed by atoms with Crippen LogP contribution < -0.4 is 10.6 Å². The number of benzene rings is 1. The van der Waals surface area contributed by atoms with Crippen LogP contribution in [0.1, 0.15) is 22.9 Å². The quantitative estimate of drug-likeness (QED) is 0.563. The van der Waals surface area contributed by atoms with Crippen LogP contribution in [-0.4, -0.2) is 40.2 Å². The fourth-order valence-corrected chi connectivity index (χ4v) is 3.39. The predicted octanol–water partition coefficient (Wildman–Crippen LogP) is 3.41. The van der Waals surface area contributed by atoms with Crippen molar-refractivity contribution in [2.24, 2.45) is 0 Å². The van der Waals surface area contributed by atoms with Gasteiger partial charge in [0, 0.05) is 18.8 Å². The second-order valence-electron chi connectivity index (χ2n) is 7.32. The number of anilines is 1. The fourth-order valence-electron chi connectivity index (χ4n) is 3.39. The van der Waals surface area contributed by atoms with E-state index in [4.69, 9.17) is 4.74 Å². The first-order valence-electron chi connectivity index (χ1n) is 9.87. The van der Waals surface area contributed by atoms with E-state index in [0.717, 1.165) is 18.2 Å². The van der Waals surface area contributed by atoms with Gasteiger partial charge in [0.1, 0.15) is 12.1 Å². The van der Waals surface area contributed by atoms with E-state index < -0.39 is 41.3 Å². The Hall–Kier alpha value is -3.38. The second kappa shape index (κ2) is 9.24. The summed E-state index contributed by atoms with van der Waals surface area (Å²) in [6.45, 7) is 1.70. The molecule has 1 aromatic carbocycles. The summed E-state index contributed by atoms with van der Waals surface area (Å²) in [5, 5.41) is 5.54. The van der Waals surface area contributed by atoms with Crippen LogP contribution in [0.2, 0.25) is 0 Å². The van der Waals surface area contributed by atoms with Gasteiger partial charge in [-0.1, -0.05) is 12.1 Å². The van der Waals surface area contributed by atoms with Crippen LogP contribution in [0.15, 0.2) is 43.0 Å². The minimum atomic E-state index is -4.88. The smallest absolute Gasteiger partial charge is 0.378 e. The zero-order valence-electron chi connectivity index (χ0n) is 17.0. The number of rotatable bonds is 5. The molecule has 4 rings (SSSR count). The Labute approximate surface area is 184 Å². The molecule has 0 radical (unpaired) electrons. The van der Waals surface area contributed by atoms with Gasteiger partial charge in [0.2, 0.25) is 5.91 Å². The number of hydrogen-bond donors (Lipinski definition) is 2. The lowest BCUT2D eigenvalue weighted by molar-refractivity contribution is -0.140. The maximum Gasteiger partial charge on any atom is 0.419 e. The van der Waals surface area contributed by atoms with Crippen molar-refractivity contribution in [2.75, 3.05) is 25.1 Å². The predicted molar refractivity (Wildman–Crippen MR) is 107 cm³/mol. The molecule has 2 aromatic heterocycles. The first-order chi connectivity index (χ1) is 15.7. The summed E-state index contributed by atoms with van der Waals surface area (Å²) in [5.74, 6) is -3.17. The van der Waals surface area contributed by atoms with Crippen LogP contribution >= 0.6 is 0 Å². The number of nitrogens with zero attached hydrogens (tertiary/aromatic N) is 3. The first-order valence-corrected chi connectivity index (χ1v) is 9.87. The molecular weight excluding hydrogens is 449 g/mol. The molecular formula is C21H18F5N5O2. The summed E-state index contributed by atoms with van der Waals surface area (Å²) < 4.78 is 74.0. The molecule has 0 unspecified atom stereocenters. The van der Waals surface area contributed by atoms with Gasteiger partial charge in [-0.25, -0.2) is 18.7 Å². The molecule has 1 saturated heterocycles. The van der Waals surface area contributed by atoms with Crippen molar-refractivity contribution >= 4 is 11.6 Å². The molecule has 0 saturated carbocycles. The first kappa shape index (κ1) is 22.8. The van der Waals surface area contributed by atoms with Crippen LogP contribution in [0.4, 0.5) is 27.6 Å². The van der Waals surface area contributed by atoms with Crippen molar-refractivity contribution in [2.45, 2.75) is 18.6 Å². The summed E-state index contributed by atoms with van der Waals surface area (Å²) in [6.07, 6.45) is -1.37. The van der Waals surface area contributed by atoms with E-state index in [1.165, 1.54) is 17.1 Å². The highest BCUT2D eigenvalue weighted by atomic mass is 19.4. The number of nitrogens with one attached hydrogen (secondary N) is 2. The third-order valence-corrected chi connectivity index (χ3v) is 4.97. The van der Waals surface area contributed by atoms with E-state index in [-0.39, 0.29) is 17.5 Å². The number of amides is 1. The van der Waals surface area contributed by atoms with E-state index in [9.17, 15) is 26.7 Å². The van der Waals surface area contributed by atoms with Gasteiger partial charge in [-0.3, -0.25) is 9.36 Å². The minimum Gasteiger partial charge on any atom is -0.378 e. The molecule has 3 aromatic rings. The number of carbonyl (C=O) groups excluding carboxylic acids is 1. The van der Waals surface area contributed by atoms with Crippen LogP contribution in [0.25, 0.3) is 5.82 Å². The molecule has 174 valence electrons. The molecule has 1 aliphatic heterocycles. The number of pyridine rings is 1. The van der Waals surface area contributed by atoms with Gasteiger partial charge in [0.15, 0.2) is 11.6 Å². The number of ether oxygens (including phenoxy) is 1. The Morgan fingerprint density at radius 1 is 1.27 bits per heavy atom. The molecule has 2 N–H and O–H groups in total. The van der Waals surface area contributed by atoms with Gasteiger partial charge >= 0.3 is 6.18 Å². The molecule has 0 bridgehead atoms. The molecule has 0 aliphatic carbocycles. The van der Waals surface area contributed by atoms with E-state index >= 15 is 0 Å². The van der Waals surface area contributed by atoms with Crippen molar-refractivity contribution in [3.8, 4) is 5.82 Å². The van der Waals surface area contributed by atoms with E-state index in [1.54, 1.807) is 6.20 Å². The van der Waals surface area contributed by atoms with Gasteiger partial charge in [-0.15, -0.1) is 0 Å². The van der Waals surface area contributed by atoms with Crippen molar-refractivity contribution in [3.63, 3.8) is 0 Å². The Morgan fingerprint density at radius 2 is 2.09 bits per heavy atom. The van der Waals surface area contributed by atoms with E-state index in [2.05, 4.69) is 20.6 Å². The van der Waals surface area contributed by atoms with Crippen LogP contribution in [0.5, 0.6) is 0 Å². The molecule has 1 fully saturated rings. The third kappa shape index (κ3) is 5.17. The van der Waals surface area contributed by atoms with Crippen molar-refractivity contribution in [1.82, 2.24) is 19.9 Å². The summed E-state index contributed by atoms with van der Waals surface area (Å²) in [5.41, 5.74) is -1.27. The monoisotopic (exact) mass is 467 g/mol. The summed E-state index contributed by atoms with van der Waals surface area (Å²) in [6, 6.07) is 3.56. The van der Waals surface area contributed by atoms with Gasteiger partial charge in [-0.05, 0) is 11.6 Å². The average molecular weight is 467 g/mol. The SMILES string of the molecule is O=C(Cc1cccc(C(F)(F)F)c1F)Nc1cnc(-n2cnc([C@@H]3COCCN3)c2)c(F)c1. The van der Waals surface area contributed by atoms with Crippen molar-refractivity contribution in [3.05, 3.63) is 71.4 Å². The zero-order valence-corrected chi connectivity index (χ0v) is 17.0. The Morgan fingerprint density at radius 3 is 2.79 bits per heavy atom. The van der Waals surface area contributed by atoms with Crippen molar-refractivity contribution in [1.29, 1.82) is 0 Å². The lowest BCUT2D eigenvalue weighted by Crippen LogP contribution is -2.34. The van der Waals surface area contributed by atoms with Crippen LogP contribution in [0, 0.1) is 11.6 Å². The Balaban J connectivity index is 1.45. The Bertz CT molecular complexity index is 1160. The molecule has 0 spiro atoms. The lowest BCUT2D eigenvalue weighted by atomic mass is 10.1.